The van der Waals surface area contributed by atoms with E-state index in [0.29, 0.717) is 34.9 Å². The standard InChI is InChI=1S/C29H28ClNO6/c1-5-37-23-11-9-18(14-21(23)16(2)3)27(33)25-26(17-7-6-8-20(32)13-17)31(29(35)28(25)34)19-10-12-24(36-4)22(30)15-19/h6-16,26,32-33H,5H2,1-4H3/b27-25-. The van der Waals surface area contributed by atoms with Crippen molar-refractivity contribution in [2.45, 2.75) is 32.7 Å². The Hall–Kier alpha value is -3.97. The molecule has 7 nitrogen and oxygen atoms in total. The van der Waals surface area contributed by atoms with Gasteiger partial charge in [-0.3, -0.25) is 14.5 Å². The maximum Gasteiger partial charge on any atom is 0.300 e. The van der Waals surface area contributed by atoms with Gasteiger partial charge in [0, 0.05) is 11.3 Å². The quantitative estimate of drug-likeness (QED) is 0.218. The number of anilines is 1. The molecule has 192 valence electrons. The minimum atomic E-state index is -1.01. The number of benzene rings is 3. The van der Waals surface area contributed by atoms with E-state index in [2.05, 4.69) is 0 Å². The highest BCUT2D eigenvalue weighted by Gasteiger charge is 2.47. The minimum Gasteiger partial charge on any atom is -0.508 e. The van der Waals surface area contributed by atoms with Crippen molar-refractivity contribution >= 4 is 34.7 Å². The molecule has 1 fully saturated rings. The molecule has 0 bridgehead atoms. The van der Waals surface area contributed by atoms with Crippen molar-refractivity contribution in [3.8, 4) is 17.2 Å². The molecule has 3 aromatic rings. The lowest BCUT2D eigenvalue weighted by atomic mass is 9.93. The van der Waals surface area contributed by atoms with Gasteiger partial charge < -0.3 is 19.7 Å². The van der Waals surface area contributed by atoms with Crippen molar-refractivity contribution in [1.29, 1.82) is 0 Å². The van der Waals surface area contributed by atoms with Crippen LogP contribution in [-0.2, 0) is 9.59 Å². The second-order valence-electron chi connectivity index (χ2n) is 8.92. The van der Waals surface area contributed by atoms with Gasteiger partial charge in [-0.1, -0.05) is 37.6 Å². The molecule has 4 rings (SSSR count). The van der Waals surface area contributed by atoms with Gasteiger partial charge >= 0.3 is 0 Å². The number of Topliss-reactive ketones (excluding diaryl/α,β-unsaturated/α-hetero) is 1. The molecular formula is C29H28ClNO6. The highest BCUT2D eigenvalue weighted by atomic mass is 35.5. The number of aliphatic hydroxyl groups excluding tert-OH is 1. The number of halogens is 1. The van der Waals surface area contributed by atoms with E-state index in [4.69, 9.17) is 21.1 Å². The zero-order valence-corrected chi connectivity index (χ0v) is 21.7. The summed E-state index contributed by atoms with van der Waals surface area (Å²) < 4.78 is 10.9. The topological polar surface area (TPSA) is 96.3 Å². The highest BCUT2D eigenvalue weighted by molar-refractivity contribution is 6.51. The third kappa shape index (κ3) is 4.87. The van der Waals surface area contributed by atoms with Crippen molar-refractivity contribution < 1.29 is 29.3 Å². The van der Waals surface area contributed by atoms with Gasteiger partial charge in [-0.15, -0.1) is 0 Å². The van der Waals surface area contributed by atoms with Gasteiger partial charge in [0.25, 0.3) is 11.7 Å². The number of hydrogen-bond acceptors (Lipinski definition) is 6. The average molecular weight is 522 g/mol. The minimum absolute atomic E-state index is 0.0426. The van der Waals surface area contributed by atoms with Gasteiger partial charge in [-0.25, -0.2) is 0 Å². The first kappa shape index (κ1) is 26.1. The fraction of sp³-hybridized carbons (Fsp3) is 0.241. The van der Waals surface area contributed by atoms with Crippen LogP contribution in [0.15, 0.2) is 66.2 Å². The summed E-state index contributed by atoms with van der Waals surface area (Å²) in [7, 11) is 1.47. The number of carbonyl (C=O) groups excluding carboxylic acids is 2. The Kier molecular flexibility index (Phi) is 7.45. The Bertz CT molecular complexity index is 1400. The highest BCUT2D eigenvalue weighted by Crippen LogP contribution is 2.44. The SMILES string of the molecule is CCOc1ccc(/C(O)=C2/C(=O)C(=O)N(c3ccc(OC)c(Cl)c3)C2c2cccc(O)c2)cc1C(C)C. The van der Waals surface area contributed by atoms with Crippen LogP contribution in [0, 0.1) is 0 Å². The molecule has 1 amide bonds. The predicted molar refractivity (Wildman–Crippen MR) is 143 cm³/mol. The third-order valence-corrected chi connectivity index (χ3v) is 6.54. The number of amides is 1. The molecule has 1 unspecified atom stereocenters. The molecule has 0 radical (unpaired) electrons. The zero-order valence-electron chi connectivity index (χ0n) is 21.0. The number of rotatable bonds is 7. The van der Waals surface area contributed by atoms with E-state index in [-0.39, 0.29) is 28.0 Å². The van der Waals surface area contributed by atoms with Gasteiger partial charge in [0.1, 0.15) is 23.0 Å². The summed E-state index contributed by atoms with van der Waals surface area (Å²) in [6.45, 7) is 6.37. The third-order valence-electron chi connectivity index (χ3n) is 6.25. The molecule has 1 heterocycles. The Morgan fingerprint density at radius 1 is 1.05 bits per heavy atom. The Morgan fingerprint density at radius 2 is 1.78 bits per heavy atom. The first-order valence-electron chi connectivity index (χ1n) is 11.9. The molecule has 3 aromatic carbocycles. The number of hydrogen-bond donors (Lipinski definition) is 2. The van der Waals surface area contributed by atoms with E-state index in [1.54, 1.807) is 42.5 Å². The monoisotopic (exact) mass is 521 g/mol. The number of ketones is 1. The largest absolute Gasteiger partial charge is 0.508 e. The maximum atomic E-state index is 13.4. The predicted octanol–water partition coefficient (Wildman–Crippen LogP) is 6.20. The molecule has 0 spiro atoms. The van der Waals surface area contributed by atoms with Crippen molar-refractivity contribution in [3.63, 3.8) is 0 Å². The Labute approximate surface area is 220 Å². The van der Waals surface area contributed by atoms with Crippen molar-refractivity contribution in [2.75, 3.05) is 18.6 Å². The fourth-order valence-corrected chi connectivity index (χ4v) is 4.76. The normalized spacial score (nSPS) is 16.9. The van der Waals surface area contributed by atoms with Crippen LogP contribution in [-0.4, -0.2) is 35.6 Å². The molecule has 37 heavy (non-hydrogen) atoms. The summed E-state index contributed by atoms with van der Waals surface area (Å²) in [5.41, 5.74) is 1.93. The van der Waals surface area contributed by atoms with Gasteiger partial charge in [0.2, 0.25) is 0 Å². The van der Waals surface area contributed by atoms with E-state index in [0.717, 1.165) is 5.56 Å². The van der Waals surface area contributed by atoms with Crippen molar-refractivity contribution in [2.24, 2.45) is 0 Å². The number of carbonyl (C=O) groups is 2. The van der Waals surface area contributed by atoms with Crippen LogP contribution in [0.4, 0.5) is 5.69 Å². The van der Waals surface area contributed by atoms with Crippen LogP contribution in [0.25, 0.3) is 5.76 Å². The number of methoxy groups -OCH3 is 1. The molecule has 1 saturated heterocycles. The van der Waals surface area contributed by atoms with Gasteiger partial charge in [-0.2, -0.15) is 0 Å². The number of aromatic hydroxyl groups is 1. The Balaban J connectivity index is 1.94. The lowest BCUT2D eigenvalue weighted by Crippen LogP contribution is -2.29. The average Bonchev–Trinajstić information content (AvgIpc) is 3.14. The summed E-state index contributed by atoms with van der Waals surface area (Å²) >= 11 is 6.33. The van der Waals surface area contributed by atoms with Crippen LogP contribution in [0.1, 0.15) is 49.4 Å². The summed E-state index contributed by atoms with van der Waals surface area (Å²) in [4.78, 5) is 28.1. The second kappa shape index (κ2) is 10.6. The molecule has 1 aliphatic heterocycles. The number of aliphatic hydroxyl groups is 1. The van der Waals surface area contributed by atoms with E-state index < -0.39 is 17.7 Å². The van der Waals surface area contributed by atoms with Gasteiger partial charge in [-0.05, 0) is 72.5 Å². The molecule has 0 aliphatic carbocycles. The van der Waals surface area contributed by atoms with Gasteiger partial charge in [0.15, 0.2) is 0 Å². The number of phenols is 1. The smallest absolute Gasteiger partial charge is 0.300 e. The number of nitrogens with zero attached hydrogens (tertiary/aromatic N) is 1. The number of phenolic OH excluding ortho intramolecular Hbond substituents is 1. The summed E-state index contributed by atoms with van der Waals surface area (Å²) in [6.07, 6.45) is 0. The van der Waals surface area contributed by atoms with Crippen molar-refractivity contribution in [3.05, 3.63) is 87.9 Å². The molecule has 0 saturated carbocycles. The van der Waals surface area contributed by atoms with Crippen LogP contribution in [0.3, 0.4) is 0 Å². The first-order valence-corrected chi connectivity index (χ1v) is 12.3. The molecule has 1 aliphatic rings. The van der Waals surface area contributed by atoms with Crippen molar-refractivity contribution in [1.82, 2.24) is 0 Å². The first-order chi connectivity index (χ1) is 17.7. The molecular weight excluding hydrogens is 494 g/mol. The summed E-state index contributed by atoms with van der Waals surface area (Å²) in [6, 6.07) is 15.1. The lowest BCUT2D eigenvalue weighted by Gasteiger charge is -2.26. The maximum absolute atomic E-state index is 13.4. The Morgan fingerprint density at radius 3 is 2.41 bits per heavy atom. The van der Waals surface area contributed by atoms with Crippen LogP contribution in [0.2, 0.25) is 5.02 Å². The molecule has 8 heteroatoms. The fourth-order valence-electron chi connectivity index (χ4n) is 4.50. The molecule has 1 atom stereocenters. The van der Waals surface area contributed by atoms with E-state index in [1.165, 1.54) is 30.2 Å². The summed E-state index contributed by atoms with van der Waals surface area (Å²) in [5.74, 6) is -0.861. The van der Waals surface area contributed by atoms with Crippen LogP contribution in [0.5, 0.6) is 17.2 Å². The number of ether oxygens (including phenoxy) is 2. The zero-order chi connectivity index (χ0) is 26.9. The molecule has 0 aromatic heterocycles. The van der Waals surface area contributed by atoms with E-state index in [9.17, 15) is 19.8 Å². The van der Waals surface area contributed by atoms with E-state index >= 15 is 0 Å². The van der Waals surface area contributed by atoms with E-state index in [1.807, 2.05) is 20.8 Å². The lowest BCUT2D eigenvalue weighted by molar-refractivity contribution is -0.132. The molecule has 2 N–H and O–H groups in total. The summed E-state index contributed by atoms with van der Waals surface area (Å²) in [5, 5.41) is 21.9. The van der Waals surface area contributed by atoms with Crippen LogP contribution >= 0.6 is 11.6 Å². The second-order valence-corrected chi connectivity index (χ2v) is 9.33. The van der Waals surface area contributed by atoms with Gasteiger partial charge in [0.05, 0.1) is 30.4 Å². The van der Waals surface area contributed by atoms with Crippen LogP contribution < -0.4 is 14.4 Å².